The molecule has 2 atom stereocenters. The fraction of sp³-hybridized carbons (Fsp3) is 0.562. The lowest BCUT2D eigenvalue weighted by Gasteiger charge is -2.14. The summed E-state index contributed by atoms with van der Waals surface area (Å²) in [5.74, 6) is 0.390. The Balaban J connectivity index is 2.22. The summed E-state index contributed by atoms with van der Waals surface area (Å²) < 4.78 is 0. The van der Waals surface area contributed by atoms with E-state index in [-0.39, 0.29) is 12.0 Å². The van der Waals surface area contributed by atoms with Crippen molar-refractivity contribution in [1.29, 1.82) is 0 Å². The lowest BCUT2D eigenvalue weighted by Crippen LogP contribution is -2.29. The first-order valence-electron chi connectivity index (χ1n) is 6.97. The number of nitrogens with one attached hydrogen (secondary N) is 1. The minimum Gasteiger partial charge on any atom is -0.393 e. The lowest BCUT2D eigenvalue weighted by molar-refractivity contribution is -0.121. The average molecular weight is 263 g/mol. The summed E-state index contributed by atoms with van der Waals surface area (Å²) in [6.07, 6.45) is 1.71. The second-order valence-corrected chi connectivity index (χ2v) is 5.48. The van der Waals surface area contributed by atoms with Gasteiger partial charge in [0.2, 0.25) is 5.91 Å². The second-order valence-electron chi connectivity index (χ2n) is 5.48. The standard InChI is InChI=1S/C16H25NO2/c1-12-4-6-15(7-5-12)8-9-16(19)17-11-13(2)10-14(3)18/h4-7,13-14,18H,8-11H2,1-3H3,(H,17,19). The van der Waals surface area contributed by atoms with Crippen molar-refractivity contribution in [3.05, 3.63) is 35.4 Å². The molecule has 0 aliphatic carbocycles. The van der Waals surface area contributed by atoms with Crippen molar-refractivity contribution in [1.82, 2.24) is 5.32 Å². The normalized spacial score (nSPS) is 13.9. The lowest BCUT2D eigenvalue weighted by atomic mass is 10.0. The topological polar surface area (TPSA) is 49.3 Å². The third-order valence-corrected chi connectivity index (χ3v) is 3.15. The van der Waals surface area contributed by atoms with Crippen LogP contribution in [0.2, 0.25) is 0 Å². The Kier molecular flexibility index (Phi) is 6.57. The van der Waals surface area contributed by atoms with Gasteiger partial charge in [0.25, 0.3) is 0 Å². The Hall–Kier alpha value is -1.35. The predicted octanol–water partition coefficient (Wildman–Crippen LogP) is 2.45. The van der Waals surface area contributed by atoms with Crippen LogP contribution in [0.25, 0.3) is 0 Å². The number of hydrogen-bond acceptors (Lipinski definition) is 2. The number of aliphatic hydroxyl groups is 1. The van der Waals surface area contributed by atoms with Crippen molar-refractivity contribution >= 4 is 5.91 Å². The highest BCUT2D eigenvalue weighted by molar-refractivity contribution is 5.76. The summed E-state index contributed by atoms with van der Waals surface area (Å²) in [6, 6.07) is 8.27. The van der Waals surface area contributed by atoms with Crippen molar-refractivity contribution in [2.75, 3.05) is 6.54 Å². The Bertz CT molecular complexity index is 384. The van der Waals surface area contributed by atoms with Crippen LogP contribution in [-0.2, 0) is 11.2 Å². The Morgan fingerprint density at radius 2 is 1.89 bits per heavy atom. The van der Waals surface area contributed by atoms with E-state index < -0.39 is 0 Å². The molecule has 0 saturated heterocycles. The number of hydrogen-bond donors (Lipinski definition) is 2. The Morgan fingerprint density at radius 3 is 2.47 bits per heavy atom. The molecule has 1 aromatic rings. The van der Waals surface area contributed by atoms with Gasteiger partial charge in [-0.3, -0.25) is 4.79 Å². The van der Waals surface area contributed by atoms with Crippen molar-refractivity contribution in [2.45, 2.75) is 46.1 Å². The van der Waals surface area contributed by atoms with Crippen LogP contribution in [0.1, 0.15) is 37.8 Å². The molecule has 3 heteroatoms. The van der Waals surface area contributed by atoms with Crippen LogP contribution >= 0.6 is 0 Å². The van der Waals surface area contributed by atoms with Gasteiger partial charge in [-0.15, -0.1) is 0 Å². The summed E-state index contributed by atoms with van der Waals surface area (Å²) in [6.45, 7) is 6.50. The van der Waals surface area contributed by atoms with Gasteiger partial charge in [0.1, 0.15) is 0 Å². The van der Waals surface area contributed by atoms with E-state index in [1.165, 1.54) is 11.1 Å². The summed E-state index contributed by atoms with van der Waals surface area (Å²) in [5.41, 5.74) is 2.43. The Labute approximate surface area is 116 Å². The average Bonchev–Trinajstić information content (AvgIpc) is 2.35. The highest BCUT2D eigenvalue weighted by Gasteiger charge is 2.08. The second kappa shape index (κ2) is 7.95. The number of aliphatic hydroxyl groups excluding tert-OH is 1. The fourth-order valence-electron chi connectivity index (χ4n) is 2.05. The van der Waals surface area contributed by atoms with E-state index in [1.54, 1.807) is 6.92 Å². The molecular formula is C16H25NO2. The summed E-state index contributed by atoms with van der Waals surface area (Å²) in [5, 5.41) is 12.2. The van der Waals surface area contributed by atoms with Crippen LogP contribution in [0.5, 0.6) is 0 Å². The first kappa shape index (κ1) is 15.7. The number of benzene rings is 1. The van der Waals surface area contributed by atoms with Gasteiger partial charge >= 0.3 is 0 Å². The SMILES string of the molecule is Cc1ccc(CCC(=O)NCC(C)CC(C)O)cc1. The van der Waals surface area contributed by atoms with E-state index >= 15 is 0 Å². The van der Waals surface area contributed by atoms with E-state index in [4.69, 9.17) is 0 Å². The number of aryl methyl sites for hydroxylation is 2. The van der Waals surface area contributed by atoms with Gasteiger partial charge in [0, 0.05) is 13.0 Å². The summed E-state index contributed by atoms with van der Waals surface area (Å²) in [7, 11) is 0. The maximum atomic E-state index is 11.7. The molecule has 3 nitrogen and oxygen atoms in total. The van der Waals surface area contributed by atoms with Crippen LogP contribution < -0.4 is 5.32 Å². The molecule has 1 amide bonds. The molecule has 0 bridgehead atoms. The van der Waals surface area contributed by atoms with Gasteiger partial charge in [0.15, 0.2) is 0 Å². The van der Waals surface area contributed by atoms with Crippen LogP contribution in [-0.4, -0.2) is 23.7 Å². The zero-order valence-corrected chi connectivity index (χ0v) is 12.1. The molecule has 19 heavy (non-hydrogen) atoms. The van der Waals surface area contributed by atoms with E-state index in [9.17, 15) is 9.90 Å². The molecule has 0 aliphatic rings. The van der Waals surface area contributed by atoms with Crippen molar-refractivity contribution in [2.24, 2.45) is 5.92 Å². The minimum absolute atomic E-state index is 0.0815. The molecule has 2 N–H and O–H groups in total. The fourth-order valence-corrected chi connectivity index (χ4v) is 2.05. The smallest absolute Gasteiger partial charge is 0.220 e. The van der Waals surface area contributed by atoms with Crippen LogP contribution in [0, 0.1) is 12.8 Å². The zero-order chi connectivity index (χ0) is 14.3. The number of carbonyl (C=O) groups is 1. The van der Waals surface area contributed by atoms with Crippen molar-refractivity contribution in [3.8, 4) is 0 Å². The van der Waals surface area contributed by atoms with E-state index in [2.05, 4.69) is 36.5 Å². The van der Waals surface area contributed by atoms with Crippen LogP contribution in [0.4, 0.5) is 0 Å². The maximum Gasteiger partial charge on any atom is 0.220 e. The molecular weight excluding hydrogens is 238 g/mol. The molecule has 0 heterocycles. The predicted molar refractivity (Wildman–Crippen MR) is 78.0 cm³/mol. The monoisotopic (exact) mass is 263 g/mol. The van der Waals surface area contributed by atoms with E-state index in [0.29, 0.717) is 18.9 Å². The van der Waals surface area contributed by atoms with E-state index in [0.717, 1.165) is 12.8 Å². The largest absolute Gasteiger partial charge is 0.393 e. The third kappa shape index (κ3) is 6.97. The highest BCUT2D eigenvalue weighted by Crippen LogP contribution is 2.07. The van der Waals surface area contributed by atoms with Gasteiger partial charge < -0.3 is 10.4 Å². The number of amides is 1. The van der Waals surface area contributed by atoms with Crippen molar-refractivity contribution in [3.63, 3.8) is 0 Å². The van der Waals surface area contributed by atoms with Crippen LogP contribution in [0.3, 0.4) is 0 Å². The van der Waals surface area contributed by atoms with E-state index in [1.807, 2.05) is 6.92 Å². The van der Waals surface area contributed by atoms with Crippen LogP contribution in [0.15, 0.2) is 24.3 Å². The number of carbonyl (C=O) groups excluding carboxylic acids is 1. The van der Waals surface area contributed by atoms with Gasteiger partial charge in [-0.25, -0.2) is 0 Å². The molecule has 1 rings (SSSR count). The first-order chi connectivity index (χ1) is 8.97. The Morgan fingerprint density at radius 1 is 1.26 bits per heavy atom. The summed E-state index contributed by atoms with van der Waals surface area (Å²) in [4.78, 5) is 11.7. The van der Waals surface area contributed by atoms with Gasteiger partial charge in [0.05, 0.1) is 6.10 Å². The molecule has 1 aromatic carbocycles. The zero-order valence-electron chi connectivity index (χ0n) is 12.1. The third-order valence-electron chi connectivity index (χ3n) is 3.15. The quantitative estimate of drug-likeness (QED) is 0.794. The molecule has 0 spiro atoms. The molecule has 0 radical (unpaired) electrons. The van der Waals surface area contributed by atoms with Gasteiger partial charge in [-0.05, 0) is 38.2 Å². The van der Waals surface area contributed by atoms with Crippen molar-refractivity contribution < 1.29 is 9.90 Å². The number of rotatable bonds is 7. The molecule has 0 fully saturated rings. The minimum atomic E-state index is -0.306. The highest BCUT2D eigenvalue weighted by atomic mass is 16.3. The maximum absolute atomic E-state index is 11.7. The van der Waals surface area contributed by atoms with Gasteiger partial charge in [-0.1, -0.05) is 36.8 Å². The molecule has 106 valence electrons. The van der Waals surface area contributed by atoms with Gasteiger partial charge in [-0.2, -0.15) is 0 Å². The summed E-state index contributed by atoms with van der Waals surface area (Å²) >= 11 is 0. The molecule has 2 unspecified atom stereocenters. The molecule has 0 saturated carbocycles. The molecule has 0 aromatic heterocycles. The first-order valence-corrected chi connectivity index (χ1v) is 6.97. The molecule has 0 aliphatic heterocycles.